The molecule has 0 aromatic heterocycles. The molecule has 0 radical (unpaired) electrons. The van der Waals surface area contributed by atoms with Gasteiger partial charge in [0.2, 0.25) is 0 Å². The van der Waals surface area contributed by atoms with E-state index in [9.17, 15) is 5.26 Å². The van der Waals surface area contributed by atoms with Gasteiger partial charge in [-0.05, 0) is 18.2 Å². The van der Waals surface area contributed by atoms with E-state index in [4.69, 9.17) is 4.74 Å². The highest BCUT2D eigenvalue weighted by Crippen LogP contribution is 2.25. The van der Waals surface area contributed by atoms with E-state index >= 15 is 0 Å². The molecule has 1 saturated heterocycles. The first-order chi connectivity index (χ1) is 9.26. The van der Waals surface area contributed by atoms with Crippen molar-refractivity contribution < 1.29 is 4.74 Å². The summed E-state index contributed by atoms with van der Waals surface area (Å²) in [5.74, 6) is 0. The Hall–Kier alpha value is -1.41. The molecule has 1 unspecified atom stereocenters. The molecule has 1 aromatic carbocycles. The molecule has 1 aliphatic rings. The van der Waals surface area contributed by atoms with Gasteiger partial charge in [0.1, 0.15) is 6.04 Å². The third-order valence-electron chi connectivity index (χ3n) is 3.67. The zero-order valence-corrected chi connectivity index (χ0v) is 11.7. The Kier molecular flexibility index (Phi) is 4.92. The molecule has 0 bridgehead atoms. The van der Waals surface area contributed by atoms with Crippen molar-refractivity contribution in [2.75, 3.05) is 40.3 Å². The Bertz CT molecular complexity index is 447. The first kappa shape index (κ1) is 14.0. The molecule has 1 heterocycles. The summed E-state index contributed by atoms with van der Waals surface area (Å²) in [5.41, 5.74) is 2.19. The predicted octanol–water partition coefficient (Wildman–Crippen LogP) is 1.65. The molecule has 4 nitrogen and oxygen atoms in total. The third-order valence-corrected chi connectivity index (χ3v) is 3.67. The maximum atomic E-state index is 9.54. The number of hydrogen-bond donors (Lipinski definition) is 0. The monoisotopic (exact) mass is 259 g/mol. The third kappa shape index (κ3) is 3.32. The molecular formula is C15H21N3O. The van der Waals surface area contributed by atoms with Gasteiger partial charge in [0, 0.05) is 33.3 Å². The number of methoxy groups -OCH3 is 1. The maximum absolute atomic E-state index is 9.54. The van der Waals surface area contributed by atoms with Crippen LogP contribution in [0.3, 0.4) is 0 Å². The minimum atomic E-state index is -0.167. The first-order valence-electron chi connectivity index (χ1n) is 6.65. The highest BCUT2D eigenvalue weighted by Gasteiger charge is 2.25. The smallest absolute Gasteiger partial charge is 0.124 e. The lowest BCUT2D eigenvalue weighted by Crippen LogP contribution is -2.45. The van der Waals surface area contributed by atoms with Crippen molar-refractivity contribution in [1.29, 1.82) is 5.26 Å². The largest absolute Gasteiger partial charge is 0.380 e. The second-order valence-corrected chi connectivity index (χ2v) is 5.00. The molecule has 2 rings (SSSR count). The Balaban J connectivity index is 2.20. The lowest BCUT2D eigenvalue weighted by atomic mass is 9.99. The number of hydrogen-bond acceptors (Lipinski definition) is 4. The number of rotatable bonds is 4. The van der Waals surface area contributed by atoms with Crippen molar-refractivity contribution in [2.45, 2.75) is 12.6 Å². The molecule has 4 heteroatoms. The molecule has 0 spiro atoms. The van der Waals surface area contributed by atoms with Crippen LogP contribution in [0.25, 0.3) is 0 Å². The summed E-state index contributed by atoms with van der Waals surface area (Å²) >= 11 is 0. The highest BCUT2D eigenvalue weighted by molar-refractivity contribution is 5.33. The lowest BCUT2D eigenvalue weighted by Gasteiger charge is -2.35. The van der Waals surface area contributed by atoms with Crippen LogP contribution in [0.1, 0.15) is 17.2 Å². The molecular weight excluding hydrogens is 238 g/mol. The fourth-order valence-corrected chi connectivity index (χ4v) is 2.52. The van der Waals surface area contributed by atoms with Crippen LogP contribution in [0, 0.1) is 11.3 Å². The Morgan fingerprint density at radius 2 is 1.95 bits per heavy atom. The van der Waals surface area contributed by atoms with Crippen LogP contribution in [0.15, 0.2) is 24.3 Å². The summed E-state index contributed by atoms with van der Waals surface area (Å²) < 4.78 is 5.23. The summed E-state index contributed by atoms with van der Waals surface area (Å²) in [6, 6.07) is 10.4. The quantitative estimate of drug-likeness (QED) is 0.824. The predicted molar refractivity (Wildman–Crippen MR) is 74.6 cm³/mol. The van der Waals surface area contributed by atoms with Gasteiger partial charge in [-0.25, -0.2) is 0 Å². The Morgan fingerprint density at radius 3 is 2.58 bits per heavy atom. The van der Waals surface area contributed by atoms with Crippen molar-refractivity contribution in [2.24, 2.45) is 0 Å². The molecule has 0 saturated carbocycles. The summed E-state index contributed by atoms with van der Waals surface area (Å²) in [6.07, 6.45) is 0. The van der Waals surface area contributed by atoms with Crippen LogP contribution < -0.4 is 0 Å². The van der Waals surface area contributed by atoms with E-state index in [-0.39, 0.29) is 6.04 Å². The lowest BCUT2D eigenvalue weighted by molar-refractivity contribution is 0.130. The molecule has 19 heavy (non-hydrogen) atoms. The second kappa shape index (κ2) is 6.67. The van der Waals surface area contributed by atoms with Gasteiger partial charge in [-0.3, -0.25) is 4.90 Å². The average molecular weight is 259 g/mol. The normalized spacial score (nSPS) is 19.0. The number of nitriles is 1. The number of likely N-dealkylation sites (N-methyl/N-ethyl adjacent to an activating group) is 1. The van der Waals surface area contributed by atoms with E-state index in [1.165, 1.54) is 0 Å². The van der Waals surface area contributed by atoms with Gasteiger partial charge in [0.25, 0.3) is 0 Å². The SMILES string of the molecule is COCc1ccccc1C(C#N)N1CCN(C)CC1. The summed E-state index contributed by atoms with van der Waals surface area (Å²) in [4.78, 5) is 4.56. The fraction of sp³-hybridized carbons (Fsp3) is 0.533. The van der Waals surface area contributed by atoms with Crippen molar-refractivity contribution >= 4 is 0 Å². The van der Waals surface area contributed by atoms with Gasteiger partial charge in [-0.15, -0.1) is 0 Å². The van der Waals surface area contributed by atoms with E-state index in [1.807, 2.05) is 24.3 Å². The van der Waals surface area contributed by atoms with Crippen LogP contribution >= 0.6 is 0 Å². The highest BCUT2D eigenvalue weighted by atomic mass is 16.5. The molecule has 1 atom stereocenters. The zero-order chi connectivity index (χ0) is 13.7. The minimum Gasteiger partial charge on any atom is -0.380 e. The van der Waals surface area contributed by atoms with Crippen molar-refractivity contribution in [3.8, 4) is 6.07 Å². The molecule has 0 amide bonds. The maximum Gasteiger partial charge on any atom is 0.124 e. The minimum absolute atomic E-state index is 0.167. The summed E-state index contributed by atoms with van der Waals surface area (Å²) in [7, 11) is 3.81. The average Bonchev–Trinajstić information content (AvgIpc) is 2.44. The van der Waals surface area contributed by atoms with Crippen LogP contribution in [0.2, 0.25) is 0 Å². The van der Waals surface area contributed by atoms with Gasteiger partial charge in [0.15, 0.2) is 0 Å². The van der Waals surface area contributed by atoms with Crippen LogP contribution in [-0.2, 0) is 11.3 Å². The standard InChI is InChI=1S/C15H21N3O/c1-17-7-9-18(10-8-17)15(11-16)14-6-4-3-5-13(14)12-19-2/h3-6,15H,7-10,12H2,1-2H3. The zero-order valence-electron chi connectivity index (χ0n) is 11.7. The van der Waals surface area contributed by atoms with E-state index in [0.717, 1.165) is 37.3 Å². The molecule has 1 fully saturated rings. The molecule has 1 aliphatic heterocycles. The Morgan fingerprint density at radius 1 is 1.26 bits per heavy atom. The van der Waals surface area contributed by atoms with Crippen molar-refractivity contribution in [1.82, 2.24) is 9.80 Å². The van der Waals surface area contributed by atoms with Crippen LogP contribution in [-0.4, -0.2) is 50.1 Å². The Labute approximate surface area is 115 Å². The van der Waals surface area contributed by atoms with Crippen LogP contribution in [0.4, 0.5) is 0 Å². The molecule has 0 aliphatic carbocycles. The van der Waals surface area contributed by atoms with Gasteiger partial charge >= 0.3 is 0 Å². The van der Waals surface area contributed by atoms with Gasteiger partial charge < -0.3 is 9.64 Å². The van der Waals surface area contributed by atoms with E-state index < -0.39 is 0 Å². The van der Waals surface area contributed by atoms with E-state index in [1.54, 1.807) is 7.11 Å². The van der Waals surface area contributed by atoms with Crippen molar-refractivity contribution in [3.63, 3.8) is 0 Å². The molecule has 0 N–H and O–H groups in total. The molecule has 1 aromatic rings. The van der Waals surface area contributed by atoms with Gasteiger partial charge in [-0.2, -0.15) is 5.26 Å². The topological polar surface area (TPSA) is 39.5 Å². The summed E-state index contributed by atoms with van der Waals surface area (Å²) in [6.45, 7) is 4.48. The van der Waals surface area contributed by atoms with E-state index in [0.29, 0.717) is 6.61 Å². The fourth-order valence-electron chi connectivity index (χ4n) is 2.52. The van der Waals surface area contributed by atoms with Crippen LogP contribution in [0.5, 0.6) is 0 Å². The molecule has 102 valence electrons. The van der Waals surface area contributed by atoms with Gasteiger partial charge in [-0.1, -0.05) is 24.3 Å². The van der Waals surface area contributed by atoms with E-state index in [2.05, 4.69) is 22.9 Å². The number of benzene rings is 1. The van der Waals surface area contributed by atoms with Gasteiger partial charge in [0.05, 0.1) is 12.7 Å². The number of piperazine rings is 1. The summed E-state index contributed by atoms with van der Waals surface area (Å²) in [5, 5.41) is 9.54. The van der Waals surface area contributed by atoms with Crippen molar-refractivity contribution in [3.05, 3.63) is 35.4 Å². The second-order valence-electron chi connectivity index (χ2n) is 5.00. The first-order valence-corrected chi connectivity index (χ1v) is 6.65. The number of ether oxygens (including phenoxy) is 1. The number of nitrogens with zero attached hydrogens (tertiary/aromatic N) is 3.